The standard InChI is InChI=1S/2C10H20N2.C4H6O6/c2*1-3-4-5-6-9-8(2)7-10(11)12-9;5-1(3(7)8)2(6)4(9)10/h2*8-9H,3-7H2,1-2H3,(H2,11,12);1-2,5-6H,(H,7,8)(H,9,10)/t2*8?,9-;1-,2-/m111/s1. The maximum Gasteiger partial charge on any atom is 0.335 e. The second kappa shape index (κ2) is 17.3. The SMILES string of the molecule is CCCCC[C@H]1N=C(N)CC1C.CCCCC[C@H]1N=C(N)CC1C.O=C(O)[C@H](O)[C@@H](O)C(=O)O. The third-order valence-corrected chi connectivity index (χ3v) is 6.05. The van der Waals surface area contributed by atoms with Crippen molar-refractivity contribution in [3.8, 4) is 0 Å². The number of aliphatic hydroxyl groups excluding tert-OH is 2. The van der Waals surface area contributed by atoms with Crippen LogP contribution < -0.4 is 11.5 Å². The van der Waals surface area contributed by atoms with E-state index in [2.05, 4.69) is 37.7 Å². The van der Waals surface area contributed by atoms with Gasteiger partial charge < -0.3 is 31.9 Å². The second-order valence-corrected chi connectivity index (χ2v) is 9.30. The lowest BCUT2D eigenvalue weighted by Gasteiger charge is -2.11. The first-order valence-corrected chi connectivity index (χ1v) is 12.4. The van der Waals surface area contributed by atoms with E-state index in [1.807, 2.05) is 0 Å². The van der Waals surface area contributed by atoms with Gasteiger partial charge in [-0.2, -0.15) is 0 Å². The van der Waals surface area contributed by atoms with Crippen LogP contribution in [-0.4, -0.2) is 68.3 Å². The number of carbonyl (C=O) groups is 2. The molecule has 8 N–H and O–H groups in total. The minimum atomic E-state index is -2.27. The molecule has 10 heteroatoms. The molecule has 2 aliphatic rings. The number of nitrogens with zero attached hydrogens (tertiary/aromatic N) is 2. The molecule has 2 aliphatic heterocycles. The third-order valence-electron chi connectivity index (χ3n) is 6.05. The van der Waals surface area contributed by atoms with Crippen LogP contribution >= 0.6 is 0 Å². The molecule has 0 aliphatic carbocycles. The van der Waals surface area contributed by atoms with E-state index < -0.39 is 24.1 Å². The number of aliphatic hydroxyl groups is 2. The maximum absolute atomic E-state index is 9.77. The first kappa shape index (κ1) is 31.8. The number of hydrogen-bond acceptors (Lipinski definition) is 8. The number of carboxylic acids is 2. The minimum Gasteiger partial charge on any atom is -0.479 e. The Hall–Kier alpha value is -2.20. The van der Waals surface area contributed by atoms with Gasteiger partial charge in [-0.25, -0.2) is 9.59 Å². The van der Waals surface area contributed by atoms with Crippen molar-refractivity contribution in [2.75, 3.05) is 0 Å². The van der Waals surface area contributed by atoms with Gasteiger partial charge in [-0.3, -0.25) is 9.98 Å². The Balaban J connectivity index is 0.000000484. The highest BCUT2D eigenvalue weighted by molar-refractivity contribution is 5.83. The van der Waals surface area contributed by atoms with E-state index in [4.69, 9.17) is 31.9 Å². The summed E-state index contributed by atoms with van der Waals surface area (Å²) in [4.78, 5) is 28.4. The third kappa shape index (κ3) is 12.9. The number of unbranched alkanes of at least 4 members (excludes halogenated alkanes) is 4. The summed E-state index contributed by atoms with van der Waals surface area (Å²) in [6.45, 7) is 8.96. The van der Waals surface area contributed by atoms with Gasteiger partial charge in [0.15, 0.2) is 12.2 Å². The van der Waals surface area contributed by atoms with Gasteiger partial charge in [-0.15, -0.1) is 0 Å². The zero-order chi connectivity index (χ0) is 26.3. The van der Waals surface area contributed by atoms with Crippen LogP contribution in [0.5, 0.6) is 0 Å². The van der Waals surface area contributed by atoms with Gasteiger partial charge in [0.2, 0.25) is 0 Å². The summed E-state index contributed by atoms with van der Waals surface area (Å²) in [6, 6.07) is 1.05. The van der Waals surface area contributed by atoms with Gasteiger partial charge in [0.05, 0.1) is 23.8 Å². The lowest BCUT2D eigenvalue weighted by atomic mass is 9.97. The van der Waals surface area contributed by atoms with Crippen molar-refractivity contribution in [2.24, 2.45) is 33.3 Å². The van der Waals surface area contributed by atoms with Crippen molar-refractivity contribution in [1.29, 1.82) is 0 Å². The van der Waals surface area contributed by atoms with Gasteiger partial charge in [-0.1, -0.05) is 66.2 Å². The van der Waals surface area contributed by atoms with Crippen molar-refractivity contribution in [3.63, 3.8) is 0 Å². The Bertz CT molecular complexity index is 614. The molecule has 0 saturated heterocycles. The number of amidine groups is 2. The number of carboxylic acid groups (broad SMARTS) is 2. The van der Waals surface area contributed by atoms with Crippen LogP contribution in [0.3, 0.4) is 0 Å². The molecular weight excluding hydrogens is 440 g/mol. The molecule has 0 radical (unpaired) electrons. The van der Waals surface area contributed by atoms with Crippen LogP contribution in [0.4, 0.5) is 0 Å². The predicted molar refractivity (Wildman–Crippen MR) is 134 cm³/mol. The molecule has 0 bridgehead atoms. The van der Waals surface area contributed by atoms with Crippen molar-refractivity contribution >= 4 is 23.6 Å². The summed E-state index contributed by atoms with van der Waals surface area (Å²) in [6.07, 6.45) is 7.82. The fourth-order valence-corrected chi connectivity index (χ4v) is 3.89. The molecule has 34 heavy (non-hydrogen) atoms. The minimum absolute atomic E-state index is 0.525. The van der Waals surface area contributed by atoms with Gasteiger partial charge in [0.25, 0.3) is 0 Å². The van der Waals surface area contributed by atoms with Crippen molar-refractivity contribution < 1.29 is 30.0 Å². The Morgan fingerprint density at radius 3 is 1.32 bits per heavy atom. The fourth-order valence-electron chi connectivity index (χ4n) is 3.89. The predicted octanol–water partition coefficient (Wildman–Crippen LogP) is 2.54. The van der Waals surface area contributed by atoms with E-state index in [0.717, 1.165) is 24.5 Å². The van der Waals surface area contributed by atoms with E-state index in [1.54, 1.807) is 0 Å². The molecule has 2 heterocycles. The Kier molecular flexibility index (Phi) is 16.1. The monoisotopic (exact) mass is 486 g/mol. The van der Waals surface area contributed by atoms with E-state index in [1.165, 1.54) is 51.4 Å². The molecule has 2 rings (SSSR count). The van der Waals surface area contributed by atoms with Crippen molar-refractivity contribution in [1.82, 2.24) is 0 Å². The van der Waals surface area contributed by atoms with E-state index in [9.17, 15) is 9.59 Å². The molecule has 198 valence electrons. The lowest BCUT2D eigenvalue weighted by Crippen LogP contribution is -2.39. The van der Waals surface area contributed by atoms with Crippen molar-refractivity contribution in [2.45, 2.75) is 116 Å². The smallest absolute Gasteiger partial charge is 0.335 e. The van der Waals surface area contributed by atoms with Gasteiger partial charge in [0, 0.05) is 12.8 Å². The fraction of sp³-hybridized carbons (Fsp3) is 0.833. The topological polar surface area (TPSA) is 192 Å². The average molecular weight is 487 g/mol. The molecule has 10 nitrogen and oxygen atoms in total. The number of hydrogen-bond donors (Lipinski definition) is 6. The zero-order valence-electron chi connectivity index (χ0n) is 21.2. The Morgan fingerprint density at radius 2 is 1.12 bits per heavy atom. The molecule has 0 fully saturated rings. The molecule has 6 atom stereocenters. The van der Waals surface area contributed by atoms with Crippen LogP contribution in [0.2, 0.25) is 0 Å². The van der Waals surface area contributed by atoms with Gasteiger partial charge >= 0.3 is 11.9 Å². The second-order valence-electron chi connectivity index (χ2n) is 9.30. The van der Waals surface area contributed by atoms with Crippen molar-refractivity contribution in [3.05, 3.63) is 0 Å². The highest BCUT2D eigenvalue weighted by Gasteiger charge is 2.29. The number of aliphatic carboxylic acids is 2. The Morgan fingerprint density at radius 1 is 0.794 bits per heavy atom. The highest BCUT2D eigenvalue weighted by atomic mass is 16.4. The molecule has 0 spiro atoms. The number of aliphatic imine (C=N–C) groups is 2. The first-order valence-electron chi connectivity index (χ1n) is 12.4. The molecule has 2 unspecified atom stereocenters. The largest absolute Gasteiger partial charge is 0.479 e. The molecule has 0 aromatic heterocycles. The quantitative estimate of drug-likeness (QED) is 0.240. The maximum atomic E-state index is 9.77. The van der Waals surface area contributed by atoms with Crippen LogP contribution in [0, 0.1) is 11.8 Å². The molecule has 0 saturated carbocycles. The summed E-state index contributed by atoms with van der Waals surface area (Å²) in [5, 5.41) is 32.5. The van der Waals surface area contributed by atoms with Gasteiger partial charge in [-0.05, 0) is 24.7 Å². The van der Waals surface area contributed by atoms with Crippen LogP contribution in [0.15, 0.2) is 9.98 Å². The van der Waals surface area contributed by atoms with Crippen LogP contribution in [0.1, 0.15) is 91.9 Å². The number of nitrogens with two attached hydrogens (primary N) is 2. The van der Waals surface area contributed by atoms with Crippen LogP contribution in [0.25, 0.3) is 0 Å². The van der Waals surface area contributed by atoms with Gasteiger partial charge in [0.1, 0.15) is 0 Å². The van der Waals surface area contributed by atoms with E-state index in [0.29, 0.717) is 23.9 Å². The summed E-state index contributed by atoms with van der Waals surface area (Å²) < 4.78 is 0. The zero-order valence-corrected chi connectivity index (χ0v) is 21.2. The summed E-state index contributed by atoms with van der Waals surface area (Å²) in [7, 11) is 0. The molecular formula is C24H46N4O6. The highest BCUT2D eigenvalue weighted by Crippen LogP contribution is 2.24. The molecule has 0 amide bonds. The molecule has 0 aromatic rings. The number of rotatable bonds is 11. The van der Waals surface area contributed by atoms with Crippen LogP contribution in [-0.2, 0) is 9.59 Å². The summed E-state index contributed by atoms with van der Waals surface area (Å²) in [5.74, 6) is -0.443. The molecule has 0 aromatic carbocycles. The van der Waals surface area contributed by atoms with E-state index >= 15 is 0 Å². The van der Waals surface area contributed by atoms with E-state index in [-0.39, 0.29) is 0 Å². The average Bonchev–Trinajstić information content (AvgIpc) is 3.26. The first-order chi connectivity index (χ1) is 15.9. The lowest BCUT2D eigenvalue weighted by molar-refractivity contribution is -0.165. The normalized spacial score (nSPS) is 25.1. The summed E-state index contributed by atoms with van der Waals surface area (Å²) >= 11 is 0. The summed E-state index contributed by atoms with van der Waals surface area (Å²) in [5.41, 5.74) is 11.3. The Labute approximate surface area is 203 Å².